The predicted octanol–water partition coefficient (Wildman–Crippen LogP) is 2.93. The third-order valence-electron chi connectivity index (χ3n) is 3.95. The Morgan fingerprint density at radius 2 is 1.18 bits per heavy atom. The number of nitrogens with one attached hydrogen (secondary N) is 2. The van der Waals surface area contributed by atoms with E-state index in [0.29, 0.717) is 0 Å². The van der Waals surface area contributed by atoms with Crippen LogP contribution < -0.4 is 10.6 Å². The van der Waals surface area contributed by atoms with Crippen molar-refractivity contribution in [1.82, 2.24) is 20.4 Å². The van der Waals surface area contributed by atoms with E-state index in [1.54, 1.807) is 0 Å². The minimum atomic E-state index is -0.230. The van der Waals surface area contributed by atoms with Crippen molar-refractivity contribution in [2.75, 3.05) is 27.2 Å². The summed E-state index contributed by atoms with van der Waals surface area (Å²) < 4.78 is 0. The van der Waals surface area contributed by atoms with Gasteiger partial charge in [-0.2, -0.15) is 0 Å². The van der Waals surface area contributed by atoms with Crippen molar-refractivity contribution in [2.24, 2.45) is 0 Å². The van der Waals surface area contributed by atoms with Gasteiger partial charge in [0.2, 0.25) is 0 Å². The number of hydrogen-bond donors (Lipinski definition) is 2. The average Bonchev–Trinajstić information content (AvgIpc) is 2.60. The summed E-state index contributed by atoms with van der Waals surface area (Å²) in [5, 5.41) is 6.95. The normalized spacial score (nSPS) is 30.4. The molecule has 2 aliphatic heterocycles. The van der Waals surface area contributed by atoms with Gasteiger partial charge < -0.3 is 9.80 Å². The third-order valence-corrected chi connectivity index (χ3v) is 7.46. The molecule has 0 saturated carbocycles. The number of allylic oxidation sites excluding steroid dienone is 4. The van der Waals surface area contributed by atoms with Gasteiger partial charge in [0.25, 0.3) is 0 Å². The van der Waals surface area contributed by atoms with Crippen LogP contribution in [0.3, 0.4) is 0 Å². The van der Waals surface area contributed by atoms with Gasteiger partial charge in [-0.1, -0.05) is 12.2 Å². The highest BCUT2D eigenvalue weighted by Gasteiger charge is 2.39. The van der Waals surface area contributed by atoms with E-state index in [1.165, 1.54) is 0 Å². The van der Waals surface area contributed by atoms with Gasteiger partial charge >= 0.3 is 0 Å². The van der Waals surface area contributed by atoms with E-state index in [-0.39, 0.29) is 9.99 Å². The molecule has 2 heterocycles. The molecule has 2 aliphatic rings. The third kappa shape index (κ3) is 3.25. The molecular formula is C16H26N4S2. The first-order valence-electron chi connectivity index (χ1n) is 7.66. The smallest absolute Gasteiger partial charge is 0.168 e. The molecule has 0 bridgehead atoms. The summed E-state index contributed by atoms with van der Waals surface area (Å²) in [5.74, 6) is 0. The van der Waals surface area contributed by atoms with Crippen LogP contribution in [0.15, 0.2) is 48.9 Å². The zero-order valence-electron chi connectivity index (χ0n) is 13.7. The van der Waals surface area contributed by atoms with E-state index < -0.39 is 0 Å². The van der Waals surface area contributed by atoms with Crippen LogP contribution in [0.5, 0.6) is 0 Å². The molecular weight excluding hydrogens is 312 g/mol. The first-order valence-corrected chi connectivity index (χ1v) is 9.81. The highest BCUT2D eigenvalue weighted by molar-refractivity contribution is 8.77. The second-order valence-electron chi connectivity index (χ2n) is 5.03. The fourth-order valence-corrected chi connectivity index (χ4v) is 6.02. The summed E-state index contributed by atoms with van der Waals surface area (Å²) >= 11 is 0. The molecule has 0 fully saturated rings. The number of rotatable bonds is 7. The standard InChI is InChI=1S/C16H26N4S2/c1-5-19-13-9-7-11-15(19,17-3)21-22-16(18-4)12-8-10-14-20(16)6-2/h7-14,17-18H,5-6H2,1-4H3. The van der Waals surface area contributed by atoms with Gasteiger partial charge in [-0.25, -0.2) is 0 Å². The Morgan fingerprint density at radius 1 is 0.773 bits per heavy atom. The Bertz CT molecular complexity index is 445. The van der Waals surface area contributed by atoms with E-state index in [4.69, 9.17) is 0 Å². The first-order chi connectivity index (χ1) is 10.7. The van der Waals surface area contributed by atoms with Crippen LogP contribution in [0.25, 0.3) is 0 Å². The lowest BCUT2D eigenvalue weighted by atomic mass is 10.3. The molecule has 6 heteroatoms. The van der Waals surface area contributed by atoms with E-state index >= 15 is 0 Å². The molecule has 0 aromatic heterocycles. The molecule has 0 aliphatic carbocycles. The minimum Gasteiger partial charge on any atom is -0.348 e. The van der Waals surface area contributed by atoms with E-state index in [2.05, 4.69) is 83.1 Å². The van der Waals surface area contributed by atoms with Crippen molar-refractivity contribution in [3.05, 3.63) is 48.9 Å². The molecule has 0 amide bonds. The average molecular weight is 339 g/mol. The highest BCUT2D eigenvalue weighted by atomic mass is 33.1. The molecule has 2 unspecified atom stereocenters. The van der Waals surface area contributed by atoms with Crippen LogP contribution in [-0.2, 0) is 0 Å². The summed E-state index contributed by atoms with van der Waals surface area (Å²) in [6.45, 7) is 6.26. The van der Waals surface area contributed by atoms with Crippen LogP contribution in [-0.4, -0.2) is 47.0 Å². The van der Waals surface area contributed by atoms with Gasteiger partial charge in [0.1, 0.15) is 0 Å². The van der Waals surface area contributed by atoms with Crippen molar-refractivity contribution in [2.45, 2.75) is 23.8 Å². The molecule has 2 rings (SSSR count). The fraction of sp³-hybridized carbons (Fsp3) is 0.500. The summed E-state index contributed by atoms with van der Waals surface area (Å²) in [4.78, 5) is 4.16. The highest BCUT2D eigenvalue weighted by Crippen LogP contribution is 2.47. The van der Waals surface area contributed by atoms with Crippen molar-refractivity contribution in [3.63, 3.8) is 0 Å². The Kier molecular flexibility index (Phi) is 6.09. The second-order valence-corrected chi connectivity index (χ2v) is 7.61. The van der Waals surface area contributed by atoms with Gasteiger partial charge in [0.15, 0.2) is 9.99 Å². The maximum atomic E-state index is 3.47. The number of nitrogens with zero attached hydrogens (tertiary/aromatic N) is 2. The maximum absolute atomic E-state index is 3.47. The Balaban J connectivity index is 2.18. The van der Waals surface area contributed by atoms with Crippen LogP contribution in [0.1, 0.15) is 13.8 Å². The Hall–Kier alpha value is -0.820. The molecule has 0 radical (unpaired) electrons. The summed E-state index contributed by atoms with van der Waals surface area (Å²) in [7, 11) is 7.69. The lowest BCUT2D eigenvalue weighted by Crippen LogP contribution is -2.55. The molecule has 0 saturated heterocycles. The Labute approximate surface area is 142 Å². The lowest BCUT2D eigenvalue weighted by molar-refractivity contribution is 0.263. The summed E-state index contributed by atoms with van der Waals surface area (Å²) in [6, 6.07) is 0. The van der Waals surface area contributed by atoms with Crippen molar-refractivity contribution >= 4 is 21.6 Å². The lowest BCUT2D eigenvalue weighted by Gasteiger charge is -2.46. The molecule has 122 valence electrons. The quantitative estimate of drug-likeness (QED) is 0.548. The second kappa shape index (κ2) is 7.64. The molecule has 0 spiro atoms. The SMILES string of the molecule is CCN1C=CC=CC1(NC)SSC1(NC)C=CC=CN1CC. The zero-order valence-corrected chi connectivity index (χ0v) is 15.4. The maximum Gasteiger partial charge on any atom is 0.168 e. The summed E-state index contributed by atoms with van der Waals surface area (Å²) in [6.07, 6.45) is 17.1. The van der Waals surface area contributed by atoms with Crippen LogP contribution in [0.4, 0.5) is 0 Å². The van der Waals surface area contributed by atoms with Gasteiger partial charge in [0, 0.05) is 25.5 Å². The molecule has 2 N–H and O–H groups in total. The van der Waals surface area contributed by atoms with Gasteiger partial charge in [-0.05, 0) is 73.8 Å². The van der Waals surface area contributed by atoms with Crippen LogP contribution in [0.2, 0.25) is 0 Å². The van der Waals surface area contributed by atoms with Crippen molar-refractivity contribution < 1.29 is 0 Å². The van der Waals surface area contributed by atoms with Gasteiger partial charge in [-0.15, -0.1) is 0 Å². The first kappa shape index (κ1) is 17.5. The van der Waals surface area contributed by atoms with Gasteiger partial charge in [-0.3, -0.25) is 10.6 Å². The molecule has 2 atom stereocenters. The van der Waals surface area contributed by atoms with Crippen molar-refractivity contribution in [1.29, 1.82) is 0 Å². The molecule has 4 nitrogen and oxygen atoms in total. The largest absolute Gasteiger partial charge is 0.348 e. The van der Waals surface area contributed by atoms with Gasteiger partial charge in [0.05, 0.1) is 0 Å². The molecule has 0 aromatic rings. The van der Waals surface area contributed by atoms with Crippen molar-refractivity contribution in [3.8, 4) is 0 Å². The summed E-state index contributed by atoms with van der Waals surface area (Å²) in [5.41, 5.74) is 0. The Morgan fingerprint density at radius 3 is 1.50 bits per heavy atom. The van der Waals surface area contributed by atoms with E-state index in [9.17, 15) is 0 Å². The molecule has 22 heavy (non-hydrogen) atoms. The van der Waals surface area contributed by atoms with E-state index in [0.717, 1.165) is 13.1 Å². The topological polar surface area (TPSA) is 30.5 Å². The van der Waals surface area contributed by atoms with Crippen LogP contribution in [0, 0.1) is 0 Å². The predicted molar refractivity (Wildman–Crippen MR) is 100 cm³/mol. The zero-order chi connectivity index (χ0) is 16.1. The monoisotopic (exact) mass is 338 g/mol. The van der Waals surface area contributed by atoms with E-state index in [1.807, 2.05) is 35.7 Å². The minimum absolute atomic E-state index is 0.230. The fourth-order valence-electron chi connectivity index (χ4n) is 2.59. The number of likely N-dealkylation sites (N-methyl/N-ethyl adjacent to an activating group) is 4. The van der Waals surface area contributed by atoms with Crippen LogP contribution >= 0.6 is 21.6 Å². The molecule has 0 aromatic carbocycles. The number of hydrogen-bond acceptors (Lipinski definition) is 6.